The lowest BCUT2D eigenvalue weighted by atomic mass is 9.60. The zero-order valence-electron chi connectivity index (χ0n) is 8.21. The molecule has 70 valence electrons. The molecule has 1 heteroatoms. The molecule has 3 fully saturated rings. The molecule has 2 bridgehead atoms. The normalized spacial score (nSPS) is 41.8. The standard InChI is InChI=1S/C11H20O/c1-11(2,12)10-7-8-3-5-9(10)6-4-8/h8-10,12H,3-7H2,1-2H3. The van der Waals surface area contributed by atoms with E-state index >= 15 is 0 Å². The van der Waals surface area contributed by atoms with Crippen molar-refractivity contribution < 1.29 is 5.11 Å². The number of aliphatic hydroxyl groups is 1. The summed E-state index contributed by atoms with van der Waals surface area (Å²) in [6.45, 7) is 3.97. The summed E-state index contributed by atoms with van der Waals surface area (Å²) in [5, 5.41) is 9.96. The van der Waals surface area contributed by atoms with Gasteiger partial charge in [-0.15, -0.1) is 0 Å². The Kier molecular flexibility index (Phi) is 1.95. The molecule has 1 N–H and O–H groups in total. The van der Waals surface area contributed by atoms with Crippen molar-refractivity contribution in [3.63, 3.8) is 0 Å². The predicted octanol–water partition coefficient (Wildman–Crippen LogP) is 2.58. The molecule has 1 unspecified atom stereocenters. The first kappa shape index (κ1) is 8.55. The first-order chi connectivity index (χ1) is 5.57. The maximum Gasteiger partial charge on any atom is 0.0622 e. The van der Waals surface area contributed by atoms with Gasteiger partial charge in [-0.05, 0) is 50.9 Å². The highest BCUT2D eigenvalue weighted by Crippen LogP contribution is 2.48. The number of hydrogen-bond acceptors (Lipinski definition) is 1. The van der Waals surface area contributed by atoms with Crippen LogP contribution in [-0.2, 0) is 0 Å². The van der Waals surface area contributed by atoms with Crippen LogP contribution in [0.15, 0.2) is 0 Å². The second kappa shape index (κ2) is 2.73. The molecular formula is C11H20O. The molecule has 0 spiro atoms. The second-order valence-corrected chi connectivity index (χ2v) is 5.28. The van der Waals surface area contributed by atoms with Gasteiger partial charge in [0.15, 0.2) is 0 Å². The lowest BCUT2D eigenvalue weighted by Crippen LogP contribution is -2.43. The first-order valence-electron chi connectivity index (χ1n) is 5.30. The van der Waals surface area contributed by atoms with Crippen LogP contribution in [0.1, 0.15) is 46.0 Å². The average Bonchev–Trinajstić information content (AvgIpc) is 2.05. The van der Waals surface area contributed by atoms with E-state index in [2.05, 4.69) is 0 Å². The fraction of sp³-hybridized carbons (Fsp3) is 1.00. The Morgan fingerprint density at radius 3 is 1.92 bits per heavy atom. The molecule has 0 aliphatic heterocycles. The topological polar surface area (TPSA) is 20.2 Å². The van der Waals surface area contributed by atoms with Gasteiger partial charge < -0.3 is 5.11 Å². The van der Waals surface area contributed by atoms with E-state index in [9.17, 15) is 5.11 Å². The minimum absolute atomic E-state index is 0.427. The molecule has 3 rings (SSSR count). The Hall–Kier alpha value is -0.0400. The van der Waals surface area contributed by atoms with E-state index in [1.165, 1.54) is 32.1 Å². The molecule has 0 aromatic carbocycles. The summed E-state index contributed by atoms with van der Waals surface area (Å²) in [4.78, 5) is 0. The van der Waals surface area contributed by atoms with E-state index in [-0.39, 0.29) is 0 Å². The number of fused-ring (bicyclic) bond motifs is 3. The molecule has 1 atom stereocenters. The highest BCUT2D eigenvalue weighted by Gasteiger charge is 2.42. The van der Waals surface area contributed by atoms with E-state index in [0.29, 0.717) is 5.92 Å². The quantitative estimate of drug-likeness (QED) is 0.638. The summed E-state index contributed by atoms with van der Waals surface area (Å²) in [5.41, 5.74) is -0.427. The molecule has 0 aromatic rings. The molecule has 0 heterocycles. The lowest BCUT2D eigenvalue weighted by molar-refractivity contribution is -0.0615. The monoisotopic (exact) mass is 168 g/mol. The van der Waals surface area contributed by atoms with Crippen LogP contribution in [0.5, 0.6) is 0 Å². The van der Waals surface area contributed by atoms with Gasteiger partial charge in [-0.25, -0.2) is 0 Å². The largest absolute Gasteiger partial charge is 0.390 e. The van der Waals surface area contributed by atoms with Gasteiger partial charge in [-0.2, -0.15) is 0 Å². The maximum absolute atomic E-state index is 9.96. The van der Waals surface area contributed by atoms with Crippen LogP contribution in [-0.4, -0.2) is 10.7 Å². The Morgan fingerprint density at radius 1 is 1.08 bits per heavy atom. The highest BCUT2D eigenvalue weighted by atomic mass is 16.3. The van der Waals surface area contributed by atoms with Gasteiger partial charge in [-0.3, -0.25) is 0 Å². The highest BCUT2D eigenvalue weighted by molar-refractivity contribution is 4.93. The van der Waals surface area contributed by atoms with Crippen molar-refractivity contribution in [1.29, 1.82) is 0 Å². The van der Waals surface area contributed by atoms with Gasteiger partial charge in [0, 0.05) is 0 Å². The third kappa shape index (κ3) is 1.39. The predicted molar refractivity (Wildman–Crippen MR) is 49.9 cm³/mol. The van der Waals surface area contributed by atoms with Gasteiger partial charge in [0.2, 0.25) is 0 Å². The molecule has 3 aliphatic carbocycles. The SMILES string of the molecule is CC(C)(O)C1CC2CCC1CC2. The van der Waals surface area contributed by atoms with Crippen molar-refractivity contribution in [3.05, 3.63) is 0 Å². The van der Waals surface area contributed by atoms with Gasteiger partial charge in [0.05, 0.1) is 5.60 Å². The van der Waals surface area contributed by atoms with Gasteiger partial charge in [0.1, 0.15) is 0 Å². The van der Waals surface area contributed by atoms with Crippen molar-refractivity contribution in [1.82, 2.24) is 0 Å². The van der Waals surface area contributed by atoms with E-state index in [1.54, 1.807) is 0 Å². The van der Waals surface area contributed by atoms with Crippen LogP contribution in [0, 0.1) is 17.8 Å². The van der Waals surface area contributed by atoms with Gasteiger partial charge in [0.25, 0.3) is 0 Å². The lowest BCUT2D eigenvalue weighted by Gasteiger charge is -2.47. The minimum Gasteiger partial charge on any atom is -0.390 e. The first-order valence-corrected chi connectivity index (χ1v) is 5.30. The molecule has 0 radical (unpaired) electrons. The molecule has 3 aliphatic rings. The number of rotatable bonds is 1. The van der Waals surface area contributed by atoms with Crippen molar-refractivity contribution in [2.24, 2.45) is 17.8 Å². The zero-order valence-corrected chi connectivity index (χ0v) is 8.21. The van der Waals surface area contributed by atoms with Crippen molar-refractivity contribution in [2.75, 3.05) is 0 Å². The number of hydrogen-bond donors (Lipinski definition) is 1. The fourth-order valence-electron chi connectivity index (χ4n) is 3.24. The van der Waals surface area contributed by atoms with E-state index in [4.69, 9.17) is 0 Å². The average molecular weight is 168 g/mol. The van der Waals surface area contributed by atoms with Crippen LogP contribution >= 0.6 is 0 Å². The van der Waals surface area contributed by atoms with E-state index in [1.807, 2.05) is 13.8 Å². The van der Waals surface area contributed by atoms with Crippen LogP contribution in [0.3, 0.4) is 0 Å². The zero-order chi connectivity index (χ0) is 8.77. The molecule has 0 saturated heterocycles. The summed E-state index contributed by atoms with van der Waals surface area (Å²) in [7, 11) is 0. The van der Waals surface area contributed by atoms with E-state index < -0.39 is 5.60 Å². The third-order valence-corrected chi connectivity index (χ3v) is 3.96. The van der Waals surface area contributed by atoms with Crippen LogP contribution in [0.4, 0.5) is 0 Å². The summed E-state index contributed by atoms with van der Waals surface area (Å²) in [5.74, 6) is 2.35. The van der Waals surface area contributed by atoms with Crippen molar-refractivity contribution in [2.45, 2.75) is 51.6 Å². The second-order valence-electron chi connectivity index (χ2n) is 5.28. The van der Waals surface area contributed by atoms with Crippen LogP contribution in [0.25, 0.3) is 0 Å². The summed E-state index contributed by atoms with van der Waals surface area (Å²) in [6.07, 6.45) is 6.89. The summed E-state index contributed by atoms with van der Waals surface area (Å²) >= 11 is 0. The van der Waals surface area contributed by atoms with Crippen LogP contribution in [0.2, 0.25) is 0 Å². The maximum atomic E-state index is 9.96. The van der Waals surface area contributed by atoms with Crippen LogP contribution < -0.4 is 0 Å². The minimum atomic E-state index is -0.427. The Morgan fingerprint density at radius 2 is 1.67 bits per heavy atom. The van der Waals surface area contributed by atoms with Crippen molar-refractivity contribution in [3.8, 4) is 0 Å². The molecule has 12 heavy (non-hydrogen) atoms. The smallest absolute Gasteiger partial charge is 0.0622 e. The molecule has 3 saturated carbocycles. The molecule has 0 aromatic heterocycles. The Bertz CT molecular complexity index is 160. The van der Waals surface area contributed by atoms with Crippen molar-refractivity contribution >= 4 is 0 Å². The summed E-state index contributed by atoms with van der Waals surface area (Å²) < 4.78 is 0. The fourth-order valence-corrected chi connectivity index (χ4v) is 3.24. The van der Waals surface area contributed by atoms with E-state index in [0.717, 1.165) is 11.8 Å². The molecular weight excluding hydrogens is 148 g/mol. The van der Waals surface area contributed by atoms with Gasteiger partial charge in [-0.1, -0.05) is 12.8 Å². The van der Waals surface area contributed by atoms with Gasteiger partial charge >= 0.3 is 0 Å². The molecule has 0 amide bonds. The Labute approximate surface area is 75.2 Å². The molecule has 1 nitrogen and oxygen atoms in total. The third-order valence-electron chi connectivity index (χ3n) is 3.96. The summed E-state index contributed by atoms with van der Waals surface area (Å²) in [6, 6.07) is 0. The Balaban J connectivity index is 2.09.